The van der Waals surface area contributed by atoms with Gasteiger partial charge in [0, 0.05) is 5.57 Å². The average molecular weight is 264 g/mol. The number of allylic oxidation sites excluding steroid dienone is 3. The first-order valence-corrected chi connectivity index (χ1v) is 6.34. The smallest absolute Gasteiger partial charge is 0.379 e. The fourth-order valence-electron chi connectivity index (χ4n) is 1.88. The van der Waals surface area contributed by atoms with E-state index in [1.807, 2.05) is 12.2 Å². The van der Waals surface area contributed by atoms with Crippen molar-refractivity contribution < 1.29 is 23.8 Å². The molecule has 5 nitrogen and oxygen atoms in total. The van der Waals surface area contributed by atoms with Crippen molar-refractivity contribution in [3.05, 3.63) is 35.3 Å². The highest BCUT2D eigenvalue weighted by Crippen LogP contribution is 2.30. The Morgan fingerprint density at radius 3 is 3.11 bits per heavy atom. The Hall–Kier alpha value is -2.04. The molecule has 2 aliphatic rings. The van der Waals surface area contributed by atoms with Crippen LogP contribution < -0.4 is 0 Å². The maximum Gasteiger partial charge on any atom is 0.379 e. The van der Waals surface area contributed by atoms with Crippen LogP contribution in [0.15, 0.2) is 35.3 Å². The number of esters is 2. The fourth-order valence-corrected chi connectivity index (χ4v) is 1.88. The van der Waals surface area contributed by atoms with E-state index in [0.717, 1.165) is 12.8 Å². The second-order valence-electron chi connectivity index (χ2n) is 4.12. The zero-order chi connectivity index (χ0) is 13.7. The van der Waals surface area contributed by atoms with Crippen molar-refractivity contribution in [2.75, 3.05) is 13.2 Å². The van der Waals surface area contributed by atoms with Gasteiger partial charge in [-0.2, -0.15) is 0 Å². The van der Waals surface area contributed by atoms with Crippen LogP contribution in [0, 0.1) is 0 Å². The quantitative estimate of drug-likeness (QED) is 0.433. The van der Waals surface area contributed by atoms with Crippen molar-refractivity contribution in [1.82, 2.24) is 0 Å². The van der Waals surface area contributed by atoms with E-state index in [1.165, 1.54) is 6.08 Å². The van der Waals surface area contributed by atoms with Crippen LogP contribution in [0.4, 0.5) is 0 Å². The van der Waals surface area contributed by atoms with E-state index in [1.54, 1.807) is 6.92 Å². The minimum atomic E-state index is -0.541. The normalized spacial score (nSPS) is 22.8. The Labute approximate surface area is 111 Å². The molecule has 0 radical (unpaired) electrons. The lowest BCUT2D eigenvalue weighted by atomic mass is 10.1. The topological polar surface area (TPSA) is 61.8 Å². The molecular formula is C14H16O5. The van der Waals surface area contributed by atoms with Gasteiger partial charge in [-0.15, -0.1) is 0 Å². The summed E-state index contributed by atoms with van der Waals surface area (Å²) in [6, 6.07) is 0. The molecule has 102 valence electrons. The molecule has 0 aromatic rings. The second-order valence-corrected chi connectivity index (χ2v) is 4.12. The molecule has 0 aromatic heterocycles. The third kappa shape index (κ3) is 3.24. The van der Waals surface area contributed by atoms with Crippen LogP contribution in [-0.2, 0) is 23.8 Å². The molecule has 0 saturated heterocycles. The summed E-state index contributed by atoms with van der Waals surface area (Å²) in [5.41, 5.74) is 0.608. The number of rotatable bonds is 2. The van der Waals surface area contributed by atoms with Gasteiger partial charge >= 0.3 is 11.9 Å². The van der Waals surface area contributed by atoms with Gasteiger partial charge in [-0.05, 0) is 26.2 Å². The Morgan fingerprint density at radius 1 is 1.47 bits per heavy atom. The molecule has 2 aliphatic heterocycles. The zero-order valence-corrected chi connectivity index (χ0v) is 10.8. The van der Waals surface area contributed by atoms with Crippen molar-refractivity contribution in [2.24, 2.45) is 0 Å². The summed E-state index contributed by atoms with van der Waals surface area (Å²) in [6.45, 7) is 2.46. The Morgan fingerprint density at radius 2 is 2.32 bits per heavy atom. The first-order chi connectivity index (χ1) is 9.22. The van der Waals surface area contributed by atoms with Crippen molar-refractivity contribution in [3.63, 3.8) is 0 Å². The van der Waals surface area contributed by atoms with E-state index < -0.39 is 11.9 Å². The van der Waals surface area contributed by atoms with E-state index >= 15 is 0 Å². The maximum absolute atomic E-state index is 11.7. The lowest BCUT2D eigenvalue weighted by Crippen LogP contribution is -2.04. The standard InChI is InChI=1S/C14H16O5/c1-2-17-12(15)9-11-10-7-5-3-4-6-8-18-13(10)14(16)19-11/h3,5,9H,2,4,6-8H2,1H3/b5-3-,11-9-. The summed E-state index contributed by atoms with van der Waals surface area (Å²) in [4.78, 5) is 23.1. The largest absolute Gasteiger partial charge is 0.486 e. The van der Waals surface area contributed by atoms with Gasteiger partial charge < -0.3 is 14.2 Å². The summed E-state index contributed by atoms with van der Waals surface area (Å²) in [5.74, 6) is -0.629. The van der Waals surface area contributed by atoms with Gasteiger partial charge in [0.2, 0.25) is 5.76 Å². The van der Waals surface area contributed by atoms with Crippen molar-refractivity contribution in [3.8, 4) is 0 Å². The molecule has 19 heavy (non-hydrogen) atoms. The van der Waals surface area contributed by atoms with E-state index in [9.17, 15) is 9.59 Å². The summed E-state index contributed by atoms with van der Waals surface area (Å²) in [7, 11) is 0. The number of ether oxygens (including phenoxy) is 3. The molecule has 0 unspecified atom stereocenters. The fraction of sp³-hybridized carbons (Fsp3) is 0.429. The van der Waals surface area contributed by atoms with Gasteiger partial charge in [-0.1, -0.05) is 12.2 Å². The third-order valence-electron chi connectivity index (χ3n) is 2.75. The molecule has 0 aromatic carbocycles. The second kappa shape index (κ2) is 6.22. The maximum atomic E-state index is 11.7. The minimum Gasteiger partial charge on any atom is -0.486 e. The van der Waals surface area contributed by atoms with E-state index in [4.69, 9.17) is 14.2 Å². The molecule has 2 rings (SSSR count). The van der Waals surface area contributed by atoms with Crippen LogP contribution >= 0.6 is 0 Å². The number of hydrogen-bond acceptors (Lipinski definition) is 5. The highest BCUT2D eigenvalue weighted by Gasteiger charge is 2.31. The molecule has 2 heterocycles. The Balaban J connectivity index is 2.26. The van der Waals surface area contributed by atoms with Crippen LogP contribution in [0.5, 0.6) is 0 Å². The molecule has 5 heteroatoms. The predicted molar refractivity (Wildman–Crippen MR) is 66.8 cm³/mol. The first kappa shape index (κ1) is 13.4. The number of carbonyl (C=O) groups excluding carboxylic acids is 2. The summed E-state index contributed by atoms with van der Waals surface area (Å²) >= 11 is 0. The Bertz CT molecular complexity index is 470. The highest BCUT2D eigenvalue weighted by molar-refractivity contribution is 5.94. The number of hydrogen-bond donors (Lipinski definition) is 0. The van der Waals surface area contributed by atoms with Gasteiger partial charge in [0.1, 0.15) is 5.76 Å². The molecule has 0 N–H and O–H groups in total. The van der Waals surface area contributed by atoms with Crippen LogP contribution in [-0.4, -0.2) is 25.2 Å². The van der Waals surface area contributed by atoms with E-state index in [0.29, 0.717) is 18.6 Å². The summed E-state index contributed by atoms with van der Waals surface area (Å²) in [6.07, 6.45) is 7.43. The monoisotopic (exact) mass is 264 g/mol. The predicted octanol–water partition coefficient (Wildman–Crippen LogP) is 2.00. The van der Waals surface area contributed by atoms with Crippen molar-refractivity contribution in [1.29, 1.82) is 0 Å². The van der Waals surface area contributed by atoms with Crippen LogP contribution in [0.1, 0.15) is 26.2 Å². The lowest BCUT2D eigenvalue weighted by Gasteiger charge is -2.03. The minimum absolute atomic E-state index is 0.210. The summed E-state index contributed by atoms with van der Waals surface area (Å²) < 4.78 is 15.3. The average Bonchev–Trinajstić information content (AvgIpc) is 2.71. The van der Waals surface area contributed by atoms with Gasteiger partial charge in [0.05, 0.1) is 19.3 Å². The SMILES string of the molecule is CCOC(=O)/C=C1\OC(=O)C2=C1C/C=C\CCCO2. The Kier molecular flexibility index (Phi) is 4.39. The molecule has 0 saturated carbocycles. The molecule has 0 bridgehead atoms. The molecule has 0 spiro atoms. The van der Waals surface area contributed by atoms with Gasteiger partial charge in [-0.3, -0.25) is 0 Å². The van der Waals surface area contributed by atoms with Gasteiger partial charge in [-0.25, -0.2) is 9.59 Å². The van der Waals surface area contributed by atoms with E-state index in [-0.39, 0.29) is 18.1 Å². The third-order valence-corrected chi connectivity index (χ3v) is 2.75. The van der Waals surface area contributed by atoms with Crippen LogP contribution in [0.3, 0.4) is 0 Å². The number of carbonyl (C=O) groups is 2. The molecule has 0 amide bonds. The molecular weight excluding hydrogens is 248 g/mol. The van der Waals surface area contributed by atoms with Crippen molar-refractivity contribution in [2.45, 2.75) is 26.2 Å². The lowest BCUT2D eigenvalue weighted by molar-refractivity contribution is -0.138. The van der Waals surface area contributed by atoms with Crippen LogP contribution in [0.25, 0.3) is 0 Å². The zero-order valence-electron chi connectivity index (χ0n) is 10.8. The number of cyclic esters (lactones) is 1. The molecule has 0 atom stereocenters. The molecule has 0 aliphatic carbocycles. The van der Waals surface area contributed by atoms with Crippen molar-refractivity contribution >= 4 is 11.9 Å². The highest BCUT2D eigenvalue weighted by atomic mass is 16.6. The first-order valence-electron chi connectivity index (χ1n) is 6.34. The van der Waals surface area contributed by atoms with Gasteiger partial charge in [0.15, 0.2) is 0 Å². The van der Waals surface area contributed by atoms with E-state index in [2.05, 4.69) is 0 Å². The van der Waals surface area contributed by atoms with Gasteiger partial charge in [0.25, 0.3) is 0 Å². The summed E-state index contributed by atoms with van der Waals surface area (Å²) in [5, 5.41) is 0. The van der Waals surface area contributed by atoms with Crippen LogP contribution in [0.2, 0.25) is 0 Å². The molecule has 0 fully saturated rings.